The van der Waals surface area contributed by atoms with Gasteiger partial charge in [0.05, 0.1) is 0 Å². The Bertz CT molecular complexity index is 307. The van der Waals surface area contributed by atoms with Gasteiger partial charge >= 0.3 is 0 Å². The van der Waals surface area contributed by atoms with Crippen LogP contribution >= 0.6 is 11.3 Å². The van der Waals surface area contributed by atoms with Crippen LogP contribution in [0.15, 0.2) is 16.8 Å². The smallest absolute Gasteiger partial charge is 0.00984 e. The summed E-state index contributed by atoms with van der Waals surface area (Å²) in [4.78, 5) is 0. The van der Waals surface area contributed by atoms with Crippen LogP contribution in [0.3, 0.4) is 0 Å². The fourth-order valence-electron chi connectivity index (χ4n) is 3.14. The molecule has 0 bridgehead atoms. The molecule has 0 aromatic carbocycles. The molecule has 1 aromatic rings. The van der Waals surface area contributed by atoms with Crippen LogP contribution in [-0.4, -0.2) is 12.6 Å². The Morgan fingerprint density at radius 1 is 1.47 bits per heavy atom. The van der Waals surface area contributed by atoms with Gasteiger partial charge < -0.3 is 5.32 Å². The quantitative estimate of drug-likeness (QED) is 0.803. The number of thiophene rings is 1. The second kappa shape index (κ2) is 6.55. The average molecular weight is 251 g/mol. The summed E-state index contributed by atoms with van der Waals surface area (Å²) in [6.45, 7) is 5.75. The van der Waals surface area contributed by atoms with Gasteiger partial charge in [0.1, 0.15) is 0 Å². The number of nitrogens with one attached hydrogen (secondary N) is 1. The van der Waals surface area contributed by atoms with E-state index < -0.39 is 0 Å². The molecule has 0 spiro atoms. The summed E-state index contributed by atoms with van der Waals surface area (Å²) in [7, 11) is 0. The molecule has 1 nitrogen and oxygen atoms in total. The van der Waals surface area contributed by atoms with Crippen molar-refractivity contribution >= 4 is 11.3 Å². The van der Waals surface area contributed by atoms with Crippen molar-refractivity contribution in [1.82, 2.24) is 5.32 Å². The maximum Gasteiger partial charge on any atom is 0.00984 e. The zero-order valence-corrected chi connectivity index (χ0v) is 11.9. The molecule has 1 saturated carbocycles. The van der Waals surface area contributed by atoms with Crippen LogP contribution in [0.2, 0.25) is 0 Å². The molecule has 96 valence electrons. The van der Waals surface area contributed by atoms with Crippen molar-refractivity contribution in [2.45, 2.75) is 52.0 Å². The molecule has 1 heterocycles. The molecule has 17 heavy (non-hydrogen) atoms. The van der Waals surface area contributed by atoms with Crippen LogP contribution in [0.25, 0.3) is 0 Å². The maximum absolute atomic E-state index is 3.71. The molecule has 0 amide bonds. The Morgan fingerprint density at radius 2 is 2.35 bits per heavy atom. The van der Waals surface area contributed by atoms with Gasteiger partial charge in [-0.15, -0.1) is 0 Å². The minimum absolute atomic E-state index is 0.741. The Kier molecular flexibility index (Phi) is 5.05. The summed E-state index contributed by atoms with van der Waals surface area (Å²) in [5.74, 6) is 1.87. The van der Waals surface area contributed by atoms with Gasteiger partial charge in [0.2, 0.25) is 0 Å². The van der Waals surface area contributed by atoms with Crippen molar-refractivity contribution in [2.24, 2.45) is 11.8 Å². The molecule has 0 aliphatic heterocycles. The lowest BCUT2D eigenvalue weighted by molar-refractivity contribution is 0.338. The number of hydrogen-bond donors (Lipinski definition) is 1. The standard InChI is InChI=1S/C15H25NS/c1-3-16-15(14-6-4-12(2)10-14)7-5-13-8-9-17-11-13/h8-9,11-12,14-16H,3-7,10H2,1-2H3. The molecular weight excluding hydrogens is 226 g/mol. The van der Waals surface area contributed by atoms with Gasteiger partial charge in [0.15, 0.2) is 0 Å². The summed E-state index contributed by atoms with van der Waals surface area (Å²) in [5, 5.41) is 8.19. The highest BCUT2D eigenvalue weighted by atomic mass is 32.1. The molecule has 2 heteroatoms. The van der Waals surface area contributed by atoms with E-state index in [1.54, 1.807) is 0 Å². The topological polar surface area (TPSA) is 12.0 Å². The Labute approximate surface area is 110 Å². The molecule has 3 atom stereocenters. The van der Waals surface area contributed by atoms with E-state index in [2.05, 4.69) is 36.0 Å². The Balaban J connectivity index is 1.84. The van der Waals surface area contributed by atoms with Crippen LogP contribution in [0.1, 0.15) is 45.1 Å². The summed E-state index contributed by atoms with van der Waals surface area (Å²) >= 11 is 1.82. The normalized spacial score (nSPS) is 26.2. The third-order valence-corrected chi connectivity index (χ3v) is 4.83. The highest BCUT2D eigenvalue weighted by Crippen LogP contribution is 2.34. The van der Waals surface area contributed by atoms with Crippen molar-refractivity contribution in [2.75, 3.05) is 6.54 Å². The first-order valence-corrected chi connectivity index (χ1v) is 7.98. The molecular formula is C15H25NS. The fraction of sp³-hybridized carbons (Fsp3) is 0.733. The Morgan fingerprint density at radius 3 is 2.94 bits per heavy atom. The molecule has 1 fully saturated rings. The van der Waals surface area contributed by atoms with E-state index in [-0.39, 0.29) is 0 Å². The van der Waals surface area contributed by atoms with Gasteiger partial charge in [-0.2, -0.15) is 11.3 Å². The zero-order chi connectivity index (χ0) is 12.1. The van der Waals surface area contributed by atoms with Crippen molar-refractivity contribution in [3.8, 4) is 0 Å². The Hall–Kier alpha value is -0.340. The highest BCUT2D eigenvalue weighted by molar-refractivity contribution is 7.07. The zero-order valence-electron chi connectivity index (χ0n) is 11.1. The number of hydrogen-bond acceptors (Lipinski definition) is 2. The maximum atomic E-state index is 3.71. The van der Waals surface area contributed by atoms with Gasteiger partial charge in [-0.25, -0.2) is 0 Å². The van der Waals surface area contributed by atoms with Crippen LogP contribution in [0.4, 0.5) is 0 Å². The van der Waals surface area contributed by atoms with Crippen LogP contribution in [0, 0.1) is 11.8 Å². The van der Waals surface area contributed by atoms with Gasteiger partial charge in [0.25, 0.3) is 0 Å². The summed E-state index contributed by atoms with van der Waals surface area (Å²) in [5.41, 5.74) is 1.52. The second-order valence-corrected chi connectivity index (χ2v) is 6.29. The summed E-state index contributed by atoms with van der Waals surface area (Å²) < 4.78 is 0. The van der Waals surface area contributed by atoms with E-state index in [1.807, 2.05) is 11.3 Å². The largest absolute Gasteiger partial charge is 0.314 e. The first-order chi connectivity index (χ1) is 8.29. The SMILES string of the molecule is CCNC(CCc1ccsc1)C1CCC(C)C1. The predicted molar refractivity (Wildman–Crippen MR) is 76.6 cm³/mol. The molecule has 0 saturated heterocycles. The van der Waals surface area contributed by atoms with Crippen LogP contribution in [0.5, 0.6) is 0 Å². The molecule has 1 aromatic heterocycles. The molecule has 0 radical (unpaired) electrons. The van der Waals surface area contributed by atoms with E-state index in [0.717, 1.165) is 24.4 Å². The lowest BCUT2D eigenvalue weighted by atomic mass is 9.92. The van der Waals surface area contributed by atoms with Crippen LogP contribution in [-0.2, 0) is 6.42 Å². The van der Waals surface area contributed by atoms with Crippen molar-refractivity contribution < 1.29 is 0 Å². The van der Waals surface area contributed by atoms with E-state index in [9.17, 15) is 0 Å². The first kappa shape index (κ1) is 13.1. The minimum Gasteiger partial charge on any atom is -0.314 e. The summed E-state index contributed by atoms with van der Waals surface area (Å²) in [6.07, 6.45) is 6.85. The van der Waals surface area contributed by atoms with Gasteiger partial charge in [-0.05, 0) is 66.5 Å². The molecule has 2 rings (SSSR count). The van der Waals surface area contributed by atoms with Gasteiger partial charge in [-0.1, -0.05) is 20.3 Å². The average Bonchev–Trinajstić information content (AvgIpc) is 2.95. The number of aryl methyl sites for hydroxylation is 1. The third-order valence-electron chi connectivity index (χ3n) is 4.09. The second-order valence-electron chi connectivity index (χ2n) is 5.51. The van der Waals surface area contributed by atoms with E-state index >= 15 is 0 Å². The van der Waals surface area contributed by atoms with E-state index in [1.165, 1.54) is 37.7 Å². The minimum atomic E-state index is 0.741. The molecule has 1 N–H and O–H groups in total. The summed E-state index contributed by atoms with van der Waals surface area (Å²) in [6, 6.07) is 3.01. The molecule has 3 unspecified atom stereocenters. The van der Waals surface area contributed by atoms with Gasteiger partial charge in [0, 0.05) is 6.04 Å². The fourth-order valence-corrected chi connectivity index (χ4v) is 3.84. The van der Waals surface area contributed by atoms with Crippen molar-refractivity contribution in [3.05, 3.63) is 22.4 Å². The van der Waals surface area contributed by atoms with Crippen molar-refractivity contribution in [1.29, 1.82) is 0 Å². The van der Waals surface area contributed by atoms with Crippen LogP contribution < -0.4 is 5.32 Å². The highest BCUT2D eigenvalue weighted by Gasteiger charge is 2.27. The predicted octanol–water partition coefficient (Wildman–Crippen LogP) is 4.10. The van der Waals surface area contributed by atoms with Crippen molar-refractivity contribution in [3.63, 3.8) is 0 Å². The molecule has 1 aliphatic rings. The number of rotatable bonds is 6. The first-order valence-electron chi connectivity index (χ1n) is 7.04. The van der Waals surface area contributed by atoms with Gasteiger partial charge in [-0.3, -0.25) is 0 Å². The van der Waals surface area contributed by atoms with E-state index in [4.69, 9.17) is 0 Å². The molecule has 1 aliphatic carbocycles. The van der Waals surface area contributed by atoms with E-state index in [0.29, 0.717) is 0 Å². The third kappa shape index (κ3) is 3.82. The lowest BCUT2D eigenvalue weighted by Crippen LogP contribution is -2.35. The lowest BCUT2D eigenvalue weighted by Gasteiger charge is -2.24. The monoisotopic (exact) mass is 251 g/mol.